The first kappa shape index (κ1) is 11.0. The topological polar surface area (TPSA) is 90.3 Å². The minimum absolute atomic E-state index is 0.379. The van der Waals surface area contributed by atoms with E-state index in [1.807, 2.05) is 4.90 Å². The van der Waals surface area contributed by atoms with Crippen molar-refractivity contribution in [3.63, 3.8) is 0 Å². The molecule has 1 fully saturated rings. The smallest absolute Gasteiger partial charge is 0.278 e. The van der Waals surface area contributed by atoms with Gasteiger partial charge in [0.05, 0.1) is 13.2 Å². The van der Waals surface area contributed by atoms with Gasteiger partial charge in [0.15, 0.2) is 0 Å². The summed E-state index contributed by atoms with van der Waals surface area (Å²) < 4.78 is 10.5. The number of hydrogen-bond donors (Lipinski definition) is 1. The molecule has 0 aromatic carbocycles. The predicted octanol–water partition coefficient (Wildman–Crippen LogP) is 0.550. The third-order valence-electron chi connectivity index (χ3n) is 2.70. The van der Waals surface area contributed by atoms with Crippen LogP contribution in [0.25, 0.3) is 11.6 Å². The van der Waals surface area contributed by atoms with E-state index in [2.05, 4.69) is 15.1 Å². The van der Waals surface area contributed by atoms with E-state index in [0.717, 1.165) is 13.1 Å². The average molecular weight is 247 g/mol. The van der Waals surface area contributed by atoms with Crippen molar-refractivity contribution in [3.05, 3.63) is 18.2 Å². The molecule has 7 nitrogen and oxygen atoms in total. The molecule has 3 heterocycles. The van der Waals surface area contributed by atoms with E-state index in [1.54, 1.807) is 18.2 Å². The first-order valence-corrected chi connectivity index (χ1v) is 5.72. The van der Waals surface area contributed by atoms with Crippen LogP contribution in [0.2, 0.25) is 0 Å². The van der Waals surface area contributed by atoms with Crippen molar-refractivity contribution in [1.29, 1.82) is 0 Å². The predicted molar refractivity (Wildman–Crippen MR) is 65.0 cm³/mol. The lowest BCUT2D eigenvalue weighted by atomic mass is 10.3. The van der Waals surface area contributed by atoms with E-state index in [4.69, 9.17) is 15.0 Å². The lowest BCUT2D eigenvalue weighted by molar-refractivity contribution is 0.121. The first-order valence-electron chi connectivity index (χ1n) is 5.72. The summed E-state index contributed by atoms with van der Waals surface area (Å²) >= 11 is 0. The maximum Gasteiger partial charge on any atom is 0.278 e. The standard InChI is InChI=1S/C11H13N5O2/c12-9-3-1-2-8(13-9)10-14-11(15-18-10)16-4-6-17-7-5-16/h1-3H,4-7H2,(H2,12,13). The van der Waals surface area contributed by atoms with Crippen LogP contribution in [0, 0.1) is 0 Å². The summed E-state index contributed by atoms with van der Waals surface area (Å²) in [6, 6.07) is 5.30. The zero-order valence-corrected chi connectivity index (χ0v) is 9.74. The van der Waals surface area contributed by atoms with E-state index in [1.165, 1.54) is 0 Å². The fourth-order valence-electron chi connectivity index (χ4n) is 1.78. The van der Waals surface area contributed by atoms with E-state index in [0.29, 0.717) is 36.6 Å². The van der Waals surface area contributed by atoms with Crippen LogP contribution in [-0.2, 0) is 4.74 Å². The second-order valence-electron chi connectivity index (χ2n) is 3.95. The Morgan fingerprint density at radius 3 is 2.78 bits per heavy atom. The molecule has 0 bridgehead atoms. The molecular weight excluding hydrogens is 234 g/mol. The SMILES string of the molecule is Nc1cccc(-c2nc(N3CCOCC3)no2)n1. The quantitative estimate of drug-likeness (QED) is 0.828. The number of morpholine rings is 1. The van der Waals surface area contributed by atoms with Crippen molar-refractivity contribution in [2.24, 2.45) is 0 Å². The fourth-order valence-corrected chi connectivity index (χ4v) is 1.78. The molecule has 0 aliphatic carbocycles. The maximum absolute atomic E-state index is 5.62. The summed E-state index contributed by atoms with van der Waals surface area (Å²) in [4.78, 5) is 10.5. The van der Waals surface area contributed by atoms with Gasteiger partial charge in [-0.05, 0) is 17.3 Å². The van der Waals surface area contributed by atoms with Crippen LogP contribution >= 0.6 is 0 Å². The minimum Gasteiger partial charge on any atom is -0.384 e. The molecule has 94 valence electrons. The Hall–Kier alpha value is -2.15. The van der Waals surface area contributed by atoms with Gasteiger partial charge in [0.1, 0.15) is 11.5 Å². The van der Waals surface area contributed by atoms with Crippen LogP contribution < -0.4 is 10.6 Å². The number of pyridine rings is 1. The second-order valence-corrected chi connectivity index (χ2v) is 3.95. The van der Waals surface area contributed by atoms with Gasteiger partial charge in [-0.3, -0.25) is 0 Å². The van der Waals surface area contributed by atoms with Crippen LogP contribution in [0.4, 0.5) is 11.8 Å². The molecule has 2 aromatic rings. The highest BCUT2D eigenvalue weighted by Crippen LogP contribution is 2.19. The van der Waals surface area contributed by atoms with Gasteiger partial charge in [-0.2, -0.15) is 4.98 Å². The lowest BCUT2D eigenvalue weighted by Crippen LogP contribution is -2.36. The summed E-state index contributed by atoms with van der Waals surface area (Å²) in [6.45, 7) is 2.90. The van der Waals surface area contributed by atoms with Gasteiger partial charge in [-0.15, -0.1) is 0 Å². The third-order valence-corrected chi connectivity index (χ3v) is 2.70. The van der Waals surface area contributed by atoms with Gasteiger partial charge in [0, 0.05) is 13.1 Å². The number of hydrogen-bond acceptors (Lipinski definition) is 7. The van der Waals surface area contributed by atoms with Crippen molar-refractivity contribution in [2.75, 3.05) is 36.9 Å². The molecule has 0 saturated carbocycles. The Labute approximate surface area is 104 Å². The van der Waals surface area contributed by atoms with Crippen molar-refractivity contribution in [3.8, 4) is 11.6 Å². The van der Waals surface area contributed by atoms with E-state index >= 15 is 0 Å². The molecule has 7 heteroatoms. The molecule has 0 atom stereocenters. The Bertz CT molecular complexity index is 536. The summed E-state index contributed by atoms with van der Waals surface area (Å²) in [5.74, 6) is 1.37. The summed E-state index contributed by atoms with van der Waals surface area (Å²) in [5, 5.41) is 3.95. The van der Waals surface area contributed by atoms with Gasteiger partial charge in [0.25, 0.3) is 11.8 Å². The largest absolute Gasteiger partial charge is 0.384 e. The Morgan fingerprint density at radius 2 is 2.00 bits per heavy atom. The summed E-state index contributed by atoms with van der Waals surface area (Å²) in [5.41, 5.74) is 6.20. The van der Waals surface area contributed by atoms with Crippen LogP contribution in [0.3, 0.4) is 0 Å². The first-order chi connectivity index (χ1) is 8.83. The number of nitrogen functional groups attached to an aromatic ring is 1. The Balaban J connectivity index is 1.84. The molecule has 0 amide bonds. The zero-order valence-electron chi connectivity index (χ0n) is 9.74. The number of aromatic nitrogens is 3. The lowest BCUT2D eigenvalue weighted by Gasteiger charge is -2.24. The van der Waals surface area contributed by atoms with Crippen LogP contribution in [0.15, 0.2) is 22.7 Å². The molecule has 18 heavy (non-hydrogen) atoms. The Morgan fingerprint density at radius 1 is 1.17 bits per heavy atom. The average Bonchev–Trinajstić information content (AvgIpc) is 2.89. The molecule has 3 rings (SSSR count). The van der Waals surface area contributed by atoms with Crippen molar-refractivity contribution in [2.45, 2.75) is 0 Å². The van der Waals surface area contributed by atoms with Crippen molar-refractivity contribution >= 4 is 11.8 Å². The minimum atomic E-state index is 0.379. The van der Waals surface area contributed by atoms with E-state index in [9.17, 15) is 0 Å². The van der Waals surface area contributed by atoms with Gasteiger partial charge < -0.3 is 19.9 Å². The van der Waals surface area contributed by atoms with E-state index < -0.39 is 0 Å². The fraction of sp³-hybridized carbons (Fsp3) is 0.364. The number of nitrogens with zero attached hydrogens (tertiary/aromatic N) is 4. The molecule has 1 saturated heterocycles. The van der Waals surface area contributed by atoms with Crippen molar-refractivity contribution in [1.82, 2.24) is 15.1 Å². The molecule has 0 unspecified atom stereocenters. The maximum atomic E-state index is 5.62. The van der Waals surface area contributed by atoms with Crippen molar-refractivity contribution < 1.29 is 9.26 Å². The van der Waals surface area contributed by atoms with E-state index in [-0.39, 0.29) is 0 Å². The third kappa shape index (κ3) is 2.12. The molecule has 0 radical (unpaired) electrons. The number of anilines is 2. The number of ether oxygens (including phenoxy) is 1. The van der Waals surface area contributed by atoms with Gasteiger partial charge in [-0.1, -0.05) is 6.07 Å². The van der Waals surface area contributed by atoms with Gasteiger partial charge >= 0.3 is 0 Å². The number of nitrogens with two attached hydrogens (primary N) is 1. The highest BCUT2D eigenvalue weighted by molar-refractivity contribution is 5.52. The molecule has 0 spiro atoms. The zero-order chi connectivity index (χ0) is 12.4. The monoisotopic (exact) mass is 247 g/mol. The molecule has 2 N–H and O–H groups in total. The van der Waals surface area contributed by atoms with Gasteiger partial charge in [0.2, 0.25) is 0 Å². The molecule has 1 aliphatic heterocycles. The van der Waals surface area contributed by atoms with Crippen LogP contribution in [0.5, 0.6) is 0 Å². The van der Waals surface area contributed by atoms with Crippen LogP contribution in [-0.4, -0.2) is 41.4 Å². The number of rotatable bonds is 2. The highest BCUT2D eigenvalue weighted by Gasteiger charge is 2.18. The van der Waals surface area contributed by atoms with Gasteiger partial charge in [-0.25, -0.2) is 4.98 Å². The second kappa shape index (κ2) is 4.61. The molecule has 1 aliphatic rings. The summed E-state index contributed by atoms with van der Waals surface area (Å²) in [7, 11) is 0. The molecular formula is C11H13N5O2. The highest BCUT2D eigenvalue weighted by atomic mass is 16.5. The molecule has 2 aromatic heterocycles. The normalized spacial score (nSPS) is 15.9. The Kier molecular flexibility index (Phi) is 2.81. The van der Waals surface area contributed by atoms with Crippen LogP contribution in [0.1, 0.15) is 0 Å². The summed E-state index contributed by atoms with van der Waals surface area (Å²) in [6.07, 6.45) is 0.